The van der Waals surface area contributed by atoms with E-state index in [0.717, 1.165) is 12.8 Å². The second kappa shape index (κ2) is 4.53. The Morgan fingerprint density at radius 2 is 2.00 bits per heavy atom. The zero-order chi connectivity index (χ0) is 13.5. The lowest BCUT2D eigenvalue weighted by atomic mass is 9.67. The van der Waals surface area contributed by atoms with Crippen molar-refractivity contribution in [1.29, 1.82) is 0 Å². The lowest BCUT2D eigenvalue weighted by molar-refractivity contribution is -0.149. The van der Waals surface area contributed by atoms with Crippen molar-refractivity contribution < 1.29 is 19.8 Å². The Hall–Kier alpha value is -1.10. The lowest BCUT2D eigenvalue weighted by Crippen LogP contribution is -2.42. The maximum absolute atomic E-state index is 11.7. The lowest BCUT2D eigenvalue weighted by Gasteiger charge is -2.38. The van der Waals surface area contributed by atoms with Gasteiger partial charge in [0.15, 0.2) is 0 Å². The highest BCUT2D eigenvalue weighted by Crippen LogP contribution is 2.53. The zero-order valence-corrected chi connectivity index (χ0v) is 11.6. The molecule has 2 rings (SSSR count). The zero-order valence-electron chi connectivity index (χ0n) is 10.0. The minimum Gasteiger partial charge on any atom is -0.481 e. The maximum Gasteiger partial charge on any atom is 0.331 e. The molecule has 2 N–H and O–H groups in total. The summed E-state index contributed by atoms with van der Waals surface area (Å²) in [7, 11) is 0. The molecule has 2 aliphatic rings. The van der Waals surface area contributed by atoms with E-state index in [-0.39, 0.29) is 5.57 Å². The second-order valence-corrected chi connectivity index (χ2v) is 5.94. The van der Waals surface area contributed by atoms with Gasteiger partial charge in [-0.05, 0) is 12.3 Å². The molecule has 0 heterocycles. The van der Waals surface area contributed by atoms with Gasteiger partial charge in [-0.1, -0.05) is 47.8 Å². The number of hydrogen-bond donors (Lipinski definition) is 2. The first-order valence-electron chi connectivity index (χ1n) is 5.94. The van der Waals surface area contributed by atoms with Crippen LogP contribution in [0.2, 0.25) is 0 Å². The first-order valence-corrected chi connectivity index (χ1v) is 6.73. The normalized spacial score (nSPS) is 31.6. The highest BCUT2D eigenvalue weighted by Gasteiger charge is 2.52. The van der Waals surface area contributed by atoms with Gasteiger partial charge in [-0.25, -0.2) is 4.79 Å². The van der Waals surface area contributed by atoms with Crippen LogP contribution in [0.4, 0.5) is 0 Å². The summed E-state index contributed by atoms with van der Waals surface area (Å²) in [6.07, 6.45) is 5.64. The van der Waals surface area contributed by atoms with E-state index in [9.17, 15) is 14.7 Å². The number of hydrogen-bond acceptors (Lipinski definition) is 2. The van der Waals surface area contributed by atoms with Gasteiger partial charge in [-0.15, -0.1) is 0 Å². The monoisotopic (exact) mass is 314 g/mol. The molecule has 98 valence electrons. The van der Waals surface area contributed by atoms with Gasteiger partial charge in [0.05, 0.1) is 0 Å². The van der Waals surface area contributed by atoms with Crippen molar-refractivity contribution in [3.63, 3.8) is 0 Å². The standard InChI is InChI=1S/C13H15BrO4/c1-7-9(11(15)16)4-5-10(14)13(7,12(17)18)6-8-2-3-8/h4-5,7-8H,2-3,6H2,1H3,(H,15,16)(H,17,18). The smallest absolute Gasteiger partial charge is 0.331 e. The van der Waals surface area contributed by atoms with Crippen LogP contribution in [0.5, 0.6) is 0 Å². The first kappa shape index (κ1) is 13.3. The summed E-state index contributed by atoms with van der Waals surface area (Å²) in [6.45, 7) is 1.69. The van der Waals surface area contributed by atoms with Crippen molar-refractivity contribution in [2.45, 2.75) is 26.2 Å². The summed E-state index contributed by atoms with van der Waals surface area (Å²) in [4.78, 5) is 22.9. The van der Waals surface area contributed by atoms with Crippen LogP contribution in [0.3, 0.4) is 0 Å². The summed E-state index contributed by atoms with van der Waals surface area (Å²) in [5.41, 5.74) is -0.954. The van der Waals surface area contributed by atoms with Crippen LogP contribution >= 0.6 is 15.9 Å². The van der Waals surface area contributed by atoms with Crippen molar-refractivity contribution in [1.82, 2.24) is 0 Å². The highest BCUT2D eigenvalue weighted by atomic mass is 79.9. The van der Waals surface area contributed by atoms with Crippen molar-refractivity contribution >= 4 is 27.9 Å². The minimum absolute atomic E-state index is 0.168. The number of allylic oxidation sites excluding steroid dienone is 2. The Morgan fingerprint density at radius 1 is 1.39 bits per heavy atom. The molecule has 0 spiro atoms. The van der Waals surface area contributed by atoms with E-state index in [0.29, 0.717) is 16.8 Å². The summed E-state index contributed by atoms with van der Waals surface area (Å²) in [6, 6.07) is 0. The van der Waals surface area contributed by atoms with Gasteiger partial charge in [-0.3, -0.25) is 4.79 Å². The van der Waals surface area contributed by atoms with Crippen LogP contribution in [-0.2, 0) is 9.59 Å². The summed E-state index contributed by atoms with van der Waals surface area (Å²) in [5, 5.41) is 18.8. The number of carboxylic acids is 2. The number of aliphatic carboxylic acids is 2. The maximum atomic E-state index is 11.7. The molecule has 0 aromatic rings. The molecule has 1 saturated carbocycles. The largest absolute Gasteiger partial charge is 0.481 e. The van der Waals surface area contributed by atoms with E-state index < -0.39 is 23.3 Å². The van der Waals surface area contributed by atoms with Crippen LogP contribution in [-0.4, -0.2) is 22.2 Å². The Balaban J connectivity index is 2.44. The molecule has 5 heteroatoms. The second-order valence-electron chi connectivity index (χ2n) is 5.09. The van der Waals surface area contributed by atoms with Crippen LogP contribution in [0, 0.1) is 17.3 Å². The van der Waals surface area contributed by atoms with Crippen molar-refractivity contribution in [3.05, 3.63) is 22.2 Å². The molecule has 0 saturated heterocycles. The SMILES string of the molecule is CC1C(C(=O)O)=CC=C(Br)C1(CC1CC1)C(=O)O. The molecule has 0 bridgehead atoms. The van der Waals surface area contributed by atoms with Crippen LogP contribution in [0.15, 0.2) is 22.2 Å². The molecule has 2 aliphatic carbocycles. The van der Waals surface area contributed by atoms with E-state index in [1.807, 2.05) is 0 Å². The van der Waals surface area contributed by atoms with E-state index in [2.05, 4.69) is 15.9 Å². The predicted octanol–water partition coefficient (Wildman–Crippen LogP) is 2.80. The van der Waals surface area contributed by atoms with Crippen molar-refractivity contribution in [3.8, 4) is 0 Å². The molecule has 1 fully saturated rings. The van der Waals surface area contributed by atoms with Crippen molar-refractivity contribution in [2.75, 3.05) is 0 Å². The van der Waals surface area contributed by atoms with Crippen LogP contribution in [0.25, 0.3) is 0 Å². The number of rotatable bonds is 4. The minimum atomic E-state index is -1.12. The summed E-state index contributed by atoms with van der Waals surface area (Å²) < 4.78 is 0.576. The van der Waals surface area contributed by atoms with Crippen LogP contribution < -0.4 is 0 Å². The van der Waals surface area contributed by atoms with Gasteiger partial charge in [0.25, 0.3) is 0 Å². The summed E-state index contributed by atoms with van der Waals surface area (Å²) in [5.74, 6) is -2.12. The predicted molar refractivity (Wildman–Crippen MR) is 69.3 cm³/mol. The quantitative estimate of drug-likeness (QED) is 0.836. The molecular formula is C13H15BrO4. The fourth-order valence-corrected chi connectivity index (χ4v) is 3.42. The van der Waals surface area contributed by atoms with E-state index in [1.54, 1.807) is 13.0 Å². The van der Waals surface area contributed by atoms with Gasteiger partial charge in [0, 0.05) is 16.0 Å². The Bertz CT molecular complexity index is 462. The van der Waals surface area contributed by atoms with E-state index >= 15 is 0 Å². The fourth-order valence-electron chi connectivity index (χ4n) is 2.61. The molecule has 4 nitrogen and oxygen atoms in total. The molecule has 0 aromatic heterocycles. The van der Waals surface area contributed by atoms with Gasteiger partial charge >= 0.3 is 11.9 Å². The Kier molecular flexibility index (Phi) is 3.36. The number of halogens is 1. The van der Waals surface area contributed by atoms with Crippen molar-refractivity contribution in [2.24, 2.45) is 17.3 Å². The molecular weight excluding hydrogens is 300 g/mol. The van der Waals surface area contributed by atoms with Gasteiger partial charge < -0.3 is 10.2 Å². The highest BCUT2D eigenvalue weighted by molar-refractivity contribution is 9.11. The third kappa shape index (κ3) is 2.00. The molecule has 0 amide bonds. The third-order valence-corrected chi connectivity index (χ3v) is 4.95. The Labute approximate surface area is 114 Å². The third-order valence-electron chi connectivity index (χ3n) is 3.98. The van der Waals surface area contributed by atoms with Crippen LogP contribution in [0.1, 0.15) is 26.2 Å². The number of carboxylic acid groups (broad SMARTS) is 2. The molecule has 0 aromatic carbocycles. The average Bonchev–Trinajstić information content (AvgIpc) is 3.06. The fraction of sp³-hybridized carbons (Fsp3) is 0.538. The molecule has 0 radical (unpaired) electrons. The molecule has 2 unspecified atom stereocenters. The number of carbonyl (C=O) groups is 2. The van der Waals surface area contributed by atoms with E-state index in [4.69, 9.17) is 5.11 Å². The average molecular weight is 315 g/mol. The van der Waals surface area contributed by atoms with Gasteiger partial charge in [0.1, 0.15) is 5.41 Å². The van der Waals surface area contributed by atoms with Gasteiger partial charge in [-0.2, -0.15) is 0 Å². The first-order chi connectivity index (χ1) is 8.39. The Morgan fingerprint density at radius 3 is 2.44 bits per heavy atom. The topological polar surface area (TPSA) is 74.6 Å². The molecule has 0 aliphatic heterocycles. The van der Waals surface area contributed by atoms with Gasteiger partial charge in [0.2, 0.25) is 0 Å². The molecule has 2 atom stereocenters. The van der Waals surface area contributed by atoms with E-state index in [1.165, 1.54) is 6.08 Å². The summed E-state index contributed by atoms with van der Waals surface area (Å²) >= 11 is 3.33. The molecule has 18 heavy (non-hydrogen) atoms.